The van der Waals surface area contributed by atoms with Crippen LogP contribution < -0.4 is 0 Å². The van der Waals surface area contributed by atoms with Crippen molar-refractivity contribution >= 4 is 56.2 Å². The van der Waals surface area contributed by atoms with Gasteiger partial charge in [-0.05, 0) is 58.3 Å². The van der Waals surface area contributed by atoms with E-state index in [1.54, 1.807) is 36.4 Å². The largest absolute Gasteiger partial charge is 0.506 e. The van der Waals surface area contributed by atoms with Crippen LogP contribution in [0.3, 0.4) is 0 Å². The highest BCUT2D eigenvalue weighted by atomic mass is 16.4. The van der Waals surface area contributed by atoms with E-state index in [2.05, 4.69) is 20.5 Å². The maximum atomic E-state index is 12.3. The number of benzene rings is 6. The molecule has 44 heavy (non-hydrogen) atoms. The van der Waals surface area contributed by atoms with Crippen molar-refractivity contribution in [1.29, 1.82) is 0 Å². The number of azo groups is 2. The normalized spacial score (nSPS) is 11.5. The van der Waals surface area contributed by atoms with Gasteiger partial charge in [0.25, 0.3) is 0 Å². The first-order chi connectivity index (χ1) is 21.3. The summed E-state index contributed by atoms with van der Waals surface area (Å²) < 4.78 is 0. The van der Waals surface area contributed by atoms with Gasteiger partial charge in [0.2, 0.25) is 0 Å². The van der Waals surface area contributed by atoms with Gasteiger partial charge in [-0.2, -0.15) is 10.2 Å². The molecule has 0 saturated carbocycles. The van der Waals surface area contributed by atoms with Crippen LogP contribution in [0.5, 0.6) is 11.5 Å². The molecule has 0 saturated heterocycles. The summed E-state index contributed by atoms with van der Waals surface area (Å²) in [7, 11) is 0. The number of nitrogens with zero attached hydrogens (tertiary/aromatic N) is 4. The molecular weight excluding hydrogens is 560 g/mol. The molecule has 6 aromatic rings. The van der Waals surface area contributed by atoms with Gasteiger partial charge in [-0.1, -0.05) is 72.8 Å². The summed E-state index contributed by atoms with van der Waals surface area (Å²) in [4.78, 5) is 24.6. The number of phenolic OH excluding ortho intramolecular Hbond substituents is 2. The molecular formula is C34H22N4O6. The summed E-state index contributed by atoms with van der Waals surface area (Å²) in [6.07, 6.45) is 0. The van der Waals surface area contributed by atoms with Crippen LogP contribution in [-0.2, 0) is 0 Å². The Kier molecular flexibility index (Phi) is 7.22. The Hall–Kier alpha value is -6.42. The number of rotatable bonds is 7. The number of fused-ring (bicyclic) bond motifs is 2. The fourth-order valence-electron chi connectivity index (χ4n) is 4.93. The highest BCUT2D eigenvalue weighted by Gasteiger charge is 2.19. The van der Waals surface area contributed by atoms with Crippen LogP contribution in [0.15, 0.2) is 130 Å². The predicted octanol–water partition coefficient (Wildman–Crippen LogP) is 9.30. The smallest absolute Gasteiger partial charge is 0.336 e. The lowest BCUT2D eigenvalue weighted by molar-refractivity contribution is 0.0684. The van der Waals surface area contributed by atoms with Gasteiger partial charge in [0.05, 0.1) is 22.5 Å². The fraction of sp³-hybridized carbons (Fsp3) is 0. The first-order valence-corrected chi connectivity index (χ1v) is 13.3. The van der Waals surface area contributed by atoms with Crippen LogP contribution in [0.1, 0.15) is 20.7 Å². The maximum absolute atomic E-state index is 12.3. The topological polar surface area (TPSA) is 164 Å². The van der Waals surface area contributed by atoms with Gasteiger partial charge in [0.1, 0.15) is 22.9 Å². The molecule has 10 nitrogen and oxygen atoms in total. The predicted molar refractivity (Wildman–Crippen MR) is 165 cm³/mol. The zero-order chi connectivity index (χ0) is 30.8. The molecule has 0 aliphatic heterocycles. The van der Waals surface area contributed by atoms with Crippen molar-refractivity contribution in [3.05, 3.63) is 120 Å². The highest BCUT2D eigenvalue weighted by molar-refractivity contribution is 6.03. The number of carbonyl (C=O) groups is 2. The Balaban J connectivity index is 1.37. The minimum Gasteiger partial charge on any atom is -0.506 e. The number of phenols is 2. The number of hydrogen-bond acceptors (Lipinski definition) is 8. The van der Waals surface area contributed by atoms with E-state index in [1.807, 2.05) is 24.3 Å². The summed E-state index contributed by atoms with van der Waals surface area (Å²) in [5.74, 6) is -2.75. The fourth-order valence-corrected chi connectivity index (χ4v) is 4.93. The number of aromatic carboxylic acids is 2. The first kappa shape index (κ1) is 27.7. The molecule has 214 valence electrons. The Bertz CT molecular complexity index is 2020. The van der Waals surface area contributed by atoms with E-state index in [0.717, 1.165) is 10.8 Å². The van der Waals surface area contributed by atoms with E-state index >= 15 is 0 Å². The molecule has 0 aromatic heterocycles. The molecule has 0 unspecified atom stereocenters. The molecule has 6 rings (SSSR count). The van der Waals surface area contributed by atoms with Crippen molar-refractivity contribution in [3.8, 4) is 22.6 Å². The van der Waals surface area contributed by atoms with E-state index in [4.69, 9.17) is 0 Å². The molecule has 0 amide bonds. The van der Waals surface area contributed by atoms with Gasteiger partial charge in [0, 0.05) is 10.8 Å². The van der Waals surface area contributed by atoms with Crippen LogP contribution in [-0.4, -0.2) is 32.4 Å². The van der Waals surface area contributed by atoms with E-state index < -0.39 is 11.9 Å². The van der Waals surface area contributed by atoms with Gasteiger partial charge >= 0.3 is 11.9 Å². The average Bonchev–Trinajstić information content (AvgIpc) is 3.03. The molecule has 0 fully saturated rings. The van der Waals surface area contributed by atoms with Crippen molar-refractivity contribution in [1.82, 2.24) is 0 Å². The second-order valence-electron chi connectivity index (χ2n) is 9.78. The lowest BCUT2D eigenvalue weighted by Crippen LogP contribution is -2.04. The zero-order valence-electron chi connectivity index (χ0n) is 22.8. The Morgan fingerprint density at radius 1 is 0.477 bits per heavy atom. The number of carboxylic acid groups (broad SMARTS) is 2. The molecule has 0 bridgehead atoms. The van der Waals surface area contributed by atoms with E-state index in [-0.39, 0.29) is 56.5 Å². The molecule has 6 aromatic carbocycles. The van der Waals surface area contributed by atoms with Gasteiger partial charge in [-0.25, -0.2) is 9.59 Å². The Labute approximate surface area is 249 Å². The Morgan fingerprint density at radius 2 is 0.886 bits per heavy atom. The minimum absolute atomic E-state index is 0.0819. The monoisotopic (exact) mass is 582 g/mol. The molecule has 0 aliphatic rings. The van der Waals surface area contributed by atoms with E-state index in [0.29, 0.717) is 10.8 Å². The maximum Gasteiger partial charge on any atom is 0.336 e. The first-order valence-electron chi connectivity index (χ1n) is 13.3. The zero-order valence-corrected chi connectivity index (χ0v) is 22.8. The molecule has 0 aliphatic carbocycles. The number of aromatic hydroxyl groups is 2. The molecule has 0 heterocycles. The lowest BCUT2D eigenvalue weighted by atomic mass is 9.94. The molecule has 4 N–H and O–H groups in total. The summed E-state index contributed by atoms with van der Waals surface area (Å²) >= 11 is 0. The second kappa shape index (κ2) is 11.5. The van der Waals surface area contributed by atoms with Gasteiger partial charge in [-0.15, -0.1) is 10.2 Å². The van der Waals surface area contributed by atoms with Crippen LogP contribution in [0, 0.1) is 0 Å². The number of hydrogen-bond donors (Lipinski definition) is 4. The van der Waals surface area contributed by atoms with Crippen LogP contribution in [0.25, 0.3) is 32.7 Å². The highest BCUT2D eigenvalue weighted by Crippen LogP contribution is 2.39. The van der Waals surface area contributed by atoms with E-state index in [1.165, 1.54) is 48.5 Å². The summed E-state index contributed by atoms with van der Waals surface area (Å²) in [6.45, 7) is 0. The van der Waals surface area contributed by atoms with Crippen molar-refractivity contribution in [2.75, 3.05) is 0 Å². The van der Waals surface area contributed by atoms with Crippen molar-refractivity contribution < 1.29 is 30.0 Å². The lowest BCUT2D eigenvalue weighted by Gasteiger charge is -2.11. The van der Waals surface area contributed by atoms with Crippen molar-refractivity contribution in [2.45, 2.75) is 0 Å². The SMILES string of the molecule is O=C(O)c1cc(N=Nc2c(O)ccc3ccccc23)ccc1-c1ccc(N=Nc2c(O)ccc3ccccc23)cc1C(=O)O. The van der Waals surface area contributed by atoms with Crippen molar-refractivity contribution in [3.63, 3.8) is 0 Å². The Morgan fingerprint density at radius 3 is 1.30 bits per heavy atom. The molecule has 0 spiro atoms. The minimum atomic E-state index is -1.29. The molecule has 10 heteroatoms. The van der Waals surface area contributed by atoms with Crippen LogP contribution >= 0.6 is 0 Å². The van der Waals surface area contributed by atoms with Crippen molar-refractivity contribution in [2.24, 2.45) is 20.5 Å². The third-order valence-electron chi connectivity index (χ3n) is 7.05. The van der Waals surface area contributed by atoms with Gasteiger partial charge in [-0.3, -0.25) is 0 Å². The molecule has 0 radical (unpaired) electrons. The third kappa shape index (κ3) is 5.30. The second-order valence-corrected chi connectivity index (χ2v) is 9.78. The third-order valence-corrected chi connectivity index (χ3v) is 7.05. The average molecular weight is 583 g/mol. The number of carboxylic acids is 2. The standard InChI is InChI=1S/C34H22N4O6/c39-29-15-9-19-5-1-3-7-23(19)31(29)37-35-21-11-13-25(27(17-21)33(41)42)26-14-12-22(18-28(26)34(43)44)36-38-32-24-8-4-2-6-20(24)10-16-30(32)40/h1-18,39-40H,(H,41,42)(H,43,44). The van der Waals surface area contributed by atoms with E-state index in [9.17, 15) is 30.0 Å². The van der Waals surface area contributed by atoms with Gasteiger partial charge < -0.3 is 20.4 Å². The van der Waals surface area contributed by atoms with Gasteiger partial charge in [0.15, 0.2) is 0 Å². The van der Waals surface area contributed by atoms with Crippen LogP contribution in [0.4, 0.5) is 22.7 Å². The molecule has 0 atom stereocenters. The quantitative estimate of drug-likeness (QED) is 0.137. The summed E-state index contributed by atoms with van der Waals surface area (Å²) in [6, 6.07) is 29.6. The van der Waals surface area contributed by atoms with Crippen LogP contribution in [0.2, 0.25) is 0 Å². The summed E-state index contributed by atoms with van der Waals surface area (Å²) in [5.41, 5.74) is 0.764. The summed E-state index contributed by atoms with van der Waals surface area (Å²) in [5, 5.41) is 60.5.